The molecule has 0 aromatic carbocycles. The van der Waals surface area contributed by atoms with E-state index in [1.54, 1.807) is 6.20 Å². The number of carbonyl (C=O) groups is 1. The van der Waals surface area contributed by atoms with Crippen molar-refractivity contribution in [2.45, 2.75) is 25.4 Å². The number of aliphatic carboxylic acids is 1. The summed E-state index contributed by atoms with van der Waals surface area (Å²) in [6.45, 7) is 1.52. The van der Waals surface area contributed by atoms with Crippen molar-refractivity contribution in [3.05, 3.63) is 12.4 Å². The van der Waals surface area contributed by atoms with Crippen LogP contribution >= 0.6 is 0 Å². The lowest BCUT2D eigenvalue weighted by Crippen LogP contribution is -2.28. The third kappa shape index (κ3) is 2.96. The minimum absolute atomic E-state index is 0.134. The van der Waals surface area contributed by atoms with Crippen molar-refractivity contribution >= 4 is 5.97 Å². The first-order valence-corrected chi connectivity index (χ1v) is 5.34. The van der Waals surface area contributed by atoms with Crippen LogP contribution in [0.4, 0.5) is 0 Å². The van der Waals surface area contributed by atoms with Crippen LogP contribution in [0, 0.1) is 0 Å². The van der Waals surface area contributed by atoms with Crippen molar-refractivity contribution in [2.75, 3.05) is 13.2 Å². The number of aromatic nitrogens is 2. The summed E-state index contributed by atoms with van der Waals surface area (Å²) in [6.07, 6.45) is 5.45. The van der Waals surface area contributed by atoms with E-state index in [0.717, 1.165) is 13.0 Å². The largest absolute Gasteiger partial charge is 0.489 e. The Morgan fingerprint density at radius 2 is 2.62 bits per heavy atom. The van der Waals surface area contributed by atoms with E-state index in [9.17, 15) is 4.79 Å². The second kappa shape index (κ2) is 4.98. The van der Waals surface area contributed by atoms with Gasteiger partial charge in [-0.05, 0) is 19.4 Å². The summed E-state index contributed by atoms with van der Waals surface area (Å²) in [5, 5.41) is 15.8. The molecule has 1 aromatic rings. The molecular weight excluding hydrogens is 210 g/mol. The predicted octanol–water partition coefficient (Wildman–Crippen LogP) is 0.0985. The Balaban J connectivity index is 1.80. The molecule has 6 heteroatoms. The van der Waals surface area contributed by atoms with Crippen LogP contribution in [0.15, 0.2) is 12.4 Å². The first-order chi connectivity index (χ1) is 7.74. The minimum Gasteiger partial charge on any atom is -0.489 e. The van der Waals surface area contributed by atoms with Crippen LogP contribution in [0.25, 0.3) is 0 Å². The molecule has 1 aliphatic heterocycles. The third-order valence-corrected chi connectivity index (χ3v) is 2.52. The lowest BCUT2D eigenvalue weighted by atomic mass is 10.2. The van der Waals surface area contributed by atoms with E-state index in [2.05, 4.69) is 10.4 Å². The molecule has 16 heavy (non-hydrogen) atoms. The third-order valence-electron chi connectivity index (χ3n) is 2.52. The molecule has 1 aliphatic rings. The Kier molecular flexibility index (Phi) is 3.40. The molecule has 1 unspecified atom stereocenters. The SMILES string of the molecule is O=C(O)Cn1cc(OCC2CCCN2)cn1. The molecule has 6 nitrogen and oxygen atoms in total. The molecule has 0 radical (unpaired) electrons. The van der Waals surface area contributed by atoms with Crippen molar-refractivity contribution < 1.29 is 14.6 Å². The highest BCUT2D eigenvalue weighted by molar-refractivity contribution is 5.66. The molecule has 1 fully saturated rings. The van der Waals surface area contributed by atoms with Gasteiger partial charge in [0, 0.05) is 6.04 Å². The van der Waals surface area contributed by atoms with Crippen LogP contribution in [0.2, 0.25) is 0 Å². The van der Waals surface area contributed by atoms with Crippen molar-refractivity contribution in [3.63, 3.8) is 0 Å². The summed E-state index contributed by atoms with van der Waals surface area (Å²) < 4.78 is 6.86. The number of hydrogen-bond acceptors (Lipinski definition) is 4. The molecule has 0 amide bonds. The molecule has 0 aliphatic carbocycles. The summed E-state index contributed by atoms with van der Waals surface area (Å²) in [5.41, 5.74) is 0. The Morgan fingerprint density at radius 3 is 3.31 bits per heavy atom. The fourth-order valence-corrected chi connectivity index (χ4v) is 1.74. The van der Waals surface area contributed by atoms with Gasteiger partial charge < -0.3 is 15.2 Å². The maximum Gasteiger partial charge on any atom is 0.325 e. The zero-order valence-corrected chi connectivity index (χ0v) is 8.93. The van der Waals surface area contributed by atoms with Gasteiger partial charge in [-0.15, -0.1) is 0 Å². The predicted molar refractivity (Wildman–Crippen MR) is 56.4 cm³/mol. The highest BCUT2D eigenvalue weighted by atomic mass is 16.5. The molecule has 2 rings (SSSR count). The number of carboxylic acid groups (broad SMARTS) is 1. The quantitative estimate of drug-likeness (QED) is 0.743. The van der Waals surface area contributed by atoms with E-state index in [1.165, 1.54) is 17.3 Å². The van der Waals surface area contributed by atoms with Gasteiger partial charge in [-0.3, -0.25) is 9.48 Å². The molecule has 88 valence electrons. The number of nitrogens with zero attached hydrogens (tertiary/aromatic N) is 2. The van der Waals surface area contributed by atoms with Crippen molar-refractivity contribution in [3.8, 4) is 5.75 Å². The molecule has 0 bridgehead atoms. The lowest BCUT2D eigenvalue weighted by Gasteiger charge is -2.09. The lowest BCUT2D eigenvalue weighted by molar-refractivity contribution is -0.137. The summed E-state index contributed by atoms with van der Waals surface area (Å²) >= 11 is 0. The van der Waals surface area contributed by atoms with Crippen molar-refractivity contribution in [1.29, 1.82) is 0 Å². The second-order valence-corrected chi connectivity index (χ2v) is 3.87. The van der Waals surface area contributed by atoms with E-state index >= 15 is 0 Å². The first-order valence-electron chi connectivity index (χ1n) is 5.34. The van der Waals surface area contributed by atoms with Gasteiger partial charge in [0.2, 0.25) is 0 Å². The maximum absolute atomic E-state index is 10.4. The summed E-state index contributed by atoms with van der Waals surface area (Å²) in [7, 11) is 0. The van der Waals surface area contributed by atoms with Crippen LogP contribution in [0.3, 0.4) is 0 Å². The molecule has 1 saturated heterocycles. The zero-order valence-electron chi connectivity index (χ0n) is 8.93. The van der Waals surface area contributed by atoms with E-state index in [0.29, 0.717) is 18.4 Å². The topological polar surface area (TPSA) is 76.4 Å². The number of hydrogen-bond donors (Lipinski definition) is 2. The Labute approximate surface area is 93.2 Å². The maximum atomic E-state index is 10.4. The molecule has 0 saturated carbocycles. The molecule has 2 N–H and O–H groups in total. The number of rotatable bonds is 5. The monoisotopic (exact) mass is 225 g/mol. The number of ether oxygens (including phenoxy) is 1. The summed E-state index contributed by atoms with van der Waals surface area (Å²) in [5.74, 6) is -0.290. The van der Waals surface area contributed by atoms with Gasteiger partial charge in [0.15, 0.2) is 5.75 Å². The average molecular weight is 225 g/mol. The van der Waals surface area contributed by atoms with Gasteiger partial charge in [0.25, 0.3) is 0 Å². The smallest absolute Gasteiger partial charge is 0.325 e. The zero-order chi connectivity index (χ0) is 11.4. The van der Waals surface area contributed by atoms with Gasteiger partial charge in [-0.2, -0.15) is 5.10 Å². The average Bonchev–Trinajstić information content (AvgIpc) is 2.84. The Morgan fingerprint density at radius 1 is 1.75 bits per heavy atom. The van der Waals surface area contributed by atoms with Crippen LogP contribution in [0.1, 0.15) is 12.8 Å². The normalized spacial score (nSPS) is 19.9. The van der Waals surface area contributed by atoms with Crippen molar-refractivity contribution in [2.24, 2.45) is 0 Å². The minimum atomic E-state index is -0.910. The molecule has 1 aromatic heterocycles. The van der Waals surface area contributed by atoms with E-state index in [-0.39, 0.29) is 6.54 Å². The molecular formula is C10H15N3O3. The van der Waals surface area contributed by atoms with Crippen LogP contribution in [-0.2, 0) is 11.3 Å². The van der Waals surface area contributed by atoms with Crippen molar-refractivity contribution in [1.82, 2.24) is 15.1 Å². The van der Waals surface area contributed by atoms with Gasteiger partial charge >= 0.3 is 5.97 Å². The molecule has 0 spiro atoms. The van der Waals surface area contributed by atoms with Crippen LogP contribution in [0.5, 0.6) is 5.75 Å². The van der Waals surface area contributed by atoms with E-state index in [1.807, 2.05) is 0 Å². The fraction of sp³-hybridized carbons (Fsp3) is 0.600. The summed E-state index contributed by atoms with van der Waals surface area (Å²) in [4.78, 5) is 10.4. The van der Waals surface area contributed by atoms with Crippen LogP contribution in [-0.4, -0.2) is 40.0 Å². The van der Waals surface area contributed by atoms with Crippen LogP contribution < -0.4 is 10.1 Å². The van der Waals surface area contributed by atoms with Gasteiger partial charge in [-0.1, -0.05) is 0 Å². The Bertz CT molecular complexity index is 358. The highest BCUT2D eigenvalue weighted by Gasteiger charge is 2.14. The van der Waals surface area contributed by atoms with Gasteiger partial charge in [-0.25, -0.2) is 0 Å². The first kappa shape index (κ1) is 10.9. The highest BCUT2D eigenvalue weighted by Crippen LogP contribution is 2.11. The standard InChI is InChI=1S/C10H15N3O3/c14-10(15)6-13-5-9(4-12-13)16-7-8-2-1-3-11-8/h4-5,8,11H,1-3,6-7H2,(H,14,15). The fourth-order valence-electron chi connectivity index (χ4n) is 1.74. The Hall–Kier alpha value is -1.56. The van der Waals surface area contributed by atoms with Gasteiger partial charge in [0.05, 0.1) is 12.4 Å². The number of nitrogens with one attached hydrogen (secondary N) is 1. The number of carboxylic acids is 1. The second-order valence-electron chi connectivity index (χ2n) is 3.87. The molecule has 1 atom stereocenters. The summed E-state index contributed by atoms with van der Waals surface area (Å²) in [6, 6.07) is 0.405. The molecule has 2 heterocycles. The van der Waals surface area contributed by atoms with Gasteiger partial charge in [0.1, 0.15) is 13.2 Å². The van der Waals surface area contributed by atoms with E-state index in [4.69, 9.17) is 9.84 Å². The van der Waals surface area contributed by atoms with E-state index < -0.39 is 5.97 Å².